The number of aromatic nitrogens is 2. The highest BCUT2D eigenvalue weighted by atomic mass is 32.1. The van der Waals surface area contributed by atoms with E-state index in [1.54, 1.807) is 25.2 Å². The zero-order valence-corrected chi connectivity index (χ0v) is 18.7. The van der Waals surface area contributed by atoms with Crippen LogP contribution in [0.15, 0.2) is 36.5 Å². The number of hydrogen-bond acceptors (Lipinski definition) is 7. The van der Waals surface area contributed by atoms with Crippen LogP contribution in [-0.2, 0) is 0 Å². The van der Waals surface area contributed by atoms with E-state index in [1.165, 1.54) is 36.8 Å². The van der Waals surface area contributed by atoms with E-state index in [2.05, 4.69) is 30.8 Å². The standard InChI is InChI=1S/C22H26N6O3S/c1-23-20(29)18-13-16(7-8-24-18)31-15-5-6-17-19(14-15)32-22(26-17)27-21(30)25-9-12-28-10-3-2-4-11-28/h5-8,13-14H,2-4,9-12H2,1H3,(H,23,29)(H2,25,26,27,30). The van der Waals surface area contributed by atoms with Gasteiger partial charge < -0.3 is 20.3 Å². The van der Waals surface area contributed by atoms with Gasteiger partial charge in [0, 0.05) is 38.5 Å². The van der Waals surface area contributed by atoms with Gasteiger partial charge >= 0.3 is 6.03 Å². The molecule has 0 spiro atoms. The normalized spacial score (nSPS) is 14.2. The summed E-state index contributed by atoms with van der Waals surface area (Å²) in [5.41, 5.74) is 1.05. The molecule has 0 radical (unpaired) electrons. The van der Waals surface area contributed by atoms with Crippen molar-refractivity contribution in [3.63, 3.8) is 0 Å². The number of benzene rings is 1. The molecule has 9 nitrogen and oxygen atoms in total. The molecule has 0 atom stereocenters. The van der Waals surface area contributed by atoms with Gasteiger partial charge in [0.25, 0.3) is 5.91 Å². The maximum atomic E-state index is 12.2. The minimum absolute atomic E-state index is 0.254. The number of pyridine rings is 1. The first-order chi connectivity index (χ1) is 15.6. The Hall–Kier alpha value is -3.24. The van der Waals surface area contributed by atoms with Crippen LogP contribution in [-0.4, -0.2) is 60.0 Å². The lowest BCUT2D eigenvalue weighted by Crippen LogP contribution is -2.39. The maximum Gasteiger partial charge on any atom is 0.321 e. The molecular weight excluding hydrogens is 428 g/mol. The van der Waals surface area contributed by atoms with Gasteiger partial charge in [-0.25, -0.2) is 9.78 Å². The van der Waals surface area contributed by atoms with Gasteiger partial charge in [-0.15, -0.1) is 0 Å². The fraction of sp³-hybridized carbons (Fsp3) is 0.364. The van der Waals surface area contributed by atoms with Crippen molar-refractivity contribution in [2.75, 3.05) is 38.5 Å². The number of likely N-dealkylation sites (tertiary alicyclic amines) is 1. The molecule has 0 unspecified atom stereocenters. The molecule has 1 fully saturated rings. The van der Waals surface area contributed by atoms with Gasteiger partial charge in [0.1, 0.15) is 17.2 Å². The Balaban J connectivity index is 1.34. The van der Waals surface area contributed by atoms with Crippen LogP contribution < -0.4 is 20.7 Å². The number of ether oxygens (including phenoxy) is 1. The first-order valence-corrected chi connectivity index (χ1v) is 11.5. The molecule has 0 saturated carbocycles. The van der Waals surface area contributed by atoms with Crippen LogP contribution in [0.2, 0.25) is 0 Å². The van der Waals surface area contributed by atoms with Crippen molar-refractivity contribution in [2.24, 2.45) is 0 Å². The number of amides is 3. The largest absolute Gasteiger partial charge is 0.457 e. The molecular formula is C22H26N6O3S. The van der Waals surface area contributed by atoms with Crippen molar-refractivity contribution >= 4 is 38.6 Å². The van der Waals surface area contributed by atoms with E-state index in [0.29, 0.717) is 23.2 Å². The van der Waals surface area contributed by atoms with E-state index in [0.717, 1.165) is 29.9 Å². The van der Waals surface area contributed by atoms with Crippen LogP contribution >= 0.6 is 11.3 Å². The third-order valence-electron chi connectivity index (χ3n) is 5.17. The zero-order chi connectivity index (χ0) is 22.3. The molecule has 4 rings (SSSR count). The van der Waals surface area contributed by atoms with Crippen molar-refractivity contribution in [3.8, 4) is 11.5 Å². The molecule has 1 aliphatic heterocycles. The summed E-state index contributed by atoms with van der Waals surface area (Å²) in [7, 11) is 1.55. The fourth-order valence-electron chi connectivity index (χ4n) is 3.54. The average Bonchev–Trinajstić information content (AvgIpc) is 3.20. The van der Waals surface area contributed by atoms with Crippen molar-refractivity contribution in [2.45, 2.75) is 19.3 Å². The molecule has 3 amide bonds. The Kier molecular flexibility index (Phi) is 7.13. The second-order valence-corrected chi connectivity index (χ2v) is 8.52. The lowest BCUT2D eigenvalue weighted by molar-refractivity contribution is 0.0958. The van der Waals surface area contributed by atoms with Crippen molar-refractivity contribution in [1.82, 2.24) is 25.5 Å². The highest BCUT2D eigenvalue weighted by Crippen LogP contribution is 2.31. The number of nitrogens with zero attached hydrogens (tertiary/aromatic N) is 3. The van der Waals surface area contributed by atoms with E-state index in [4.69, 9.17) is 4.74 Å². The second-order valence-electron chi connectivity index (χ2n) is 7.49. The molecule has 0 bridgehead atoms. The molecule has 3 N–H and O–H groups in total. The summed E-state index contributed by atoms with van der Waals surface area (Å²) in [5.74, 6) is 0.833. The quantitative estimate of drug-likeness (QED) is 0.505. The molecule has 1 aliphatic rings. The van der Waals surface area contributed by atoms with Gasteiger partial charge in [-0.3, -0.25) is 15.1 Å². The minimum Gasteiger partial charge on any atom is -0.457 e. The van der Waals surface area contributed by atoms with E-state index < -0.39 is 0 Å². The van der Waals surface area contributed by atoms with Crippen LogP contribution in [0.5, 0.6) is 11.5 Å². The van der Waals surface area contributed by atoms with Gasteiger partial charge in [-0.05, 0) is 44.1 Å². The van der Waals surface area contributed by atoms with Crippen molar-refractivity contribution in [1.29, 1.82) is 0 Å². The molecule has 32 heavy (non-hydrogen) atoms. The number of rotatable bonds is 7. The third kappa shape index (κ3) is 5.71. The highest BCUT2D eigenvalue weighted by molar-refractivity contribution is 7.22. The number of urea groups is 1. The zero-order valence-electron chi connectivity index (χ0n) is 17.9. The smallest absolute Gasteiger partial charge is 0.321 e. The van der Waals surface area contributed by atoms with E-state index in [9.17, 15) is 9.59 Å². The van der Waals surface area contributed by atoms with Crippen LogP contribution in [0, 0.1) is 0 Å². The first kappa shape index (κ1) is 22.0. The summed E-state index contributed by atoms with van der Waals surface area (Å²) in [6.45, 7) is 3.69. The summed E-state index contributed by atoms with van der Waals surface area (Å²) in [4.78, 5) is 34.8. The minimum atomic E-state index is -0.279. The van der Waals surface area contributed by atoms with Gasteiger partial charge in [-0.2, -0.15) is 0 Å². The summed E-state index contributed by atoms with van der Waals surface area (Å²) in [5, 5.41) is 8.77. The van der Waals surface area contributed by atoms with Crippen molar-refractivity contribution < 1.29 is 14.3 Å². The maximum absolute atomic E-state index is 12.2. The number of anilines is 1. The van der Waals surface area contributed by atoms with E-state index in [1.807, 2.05) is 12.1 Å². The lowest BCUT2D eigenvalue weighted by atomic mass is 10.1. The first-order valence-electron chi connectivity index (χ1n) is 10.6. The Labute approximate surface area is 190 Å². The number of thiazole rings is 1. The van der Waals surface area contributed by atoms with E-state index >= 15 is 0 Å². The van der Waals surface area contributed by atoms with Crippen LogP contribution in [0.25, 0.3) is 10.2 Å². The van der Waals surface area contributed by atoms with Crippen molar-refractivity contribution in [3.05, 3.63) is 42.2 Å². The molecule has 1 aromatic carbocycles. The topological polar surface area (TPSA) is 108 Å². The predicted molar refractivity (Wildman–Crippen MR) is 125 cm³/mol. The summed E-state index contributed by atoms with van der Waals surface area (Å²) >= 11 is 1.37. The predicted octanol–water partition coefficient (Wildman–Crippen LogP) is 3.45. The lowest BCUT2D eigenvalue weighted by Gasteiger charge is -2.26. The average molecular weight is 455 g/mol. The Morgan fingerprint density at radius 2 is 1.94 bits per heavy atom. The second kappa shape index (κ2) is 10.4. The number of nitrogens with one attached hydrogen (secondary N) is 3. The summed E-state index contributed by atoms with van der Waals surface area (Å²) in [6.07, 6.45) is 5.30. The van der Waals surface area contributed by atoms with Gasteiger partial charge in [0.15, 0.2) is 5.13 Å². The van der Waals surface area contributed by atoms with Crippen LogP contribution in [0.1, 0.15) is 29.8 Å². The Morgan fingerprint density at radius 1 is 1.12 bits per heavy atom. The number of fused-ring (bicyclic) bond motifs is 1. The van der Waals surface area contributed by atoms with Crippen LogP contribution in [0.3, 0.4) is 0 Å². The number of hydrogen-bond donors (Lipinski definition) is 3. The van der Waals surface area contributed by atoms with Gasteiger partial charge in [0.2, 0.25) is 0 Å². The number of carbonyl (C=O) groups is 2. The molecule has 3 heterocycles. The fourth-order valence-corrected chi connectivity index (χ4v) is 4.43. The molecule has 2 aromatic heterocycles. The number of carbonyl (C=O) groups excluding carboxylic acids is 2. The van der Waals surface area contributed by atoms with Gasteiger partial charge in [0.05, 0.1) is 10.2 Å². The Bertz CT molecular complexity index is 1100. The molecule has 3 aromatic rings. The molecule has 0 aliphatic carbocycles. The summed E-state index contributed by atoms with van der Waals surface area (Å²) in [6, 6.07) is 8.50. The monoisotopic (exact) mass is 454 g/mol. The van der Waals surface area contributed by atoms with Crippen LogP contribution in [0.4, 0.5) is 9.93 Å². The third-order valence-corrected chi connectivity index (χ3v) is 6.10. The van der Waals surface area contributed by atoms with E-state index in [-0.39, 0.29) is 17.6 Å². The molecule has 1 saturated heterocycles. The Morgan fingerprint density at radius 3 is 2.75 bits per heavy atom. The molecule has 10 heteroatoms. The molecule has 168 valence electrons. The summed E-state index contributed by atoms with van der Waals surface area (Å²) < 4.78 is 6.76. The highest BCUT2D eigenvalue weighted by Gasteiger charge is 2.12. The number of piperidine rings is 1. The van der Waals surface area contributed by atoms with Gasteiger partial charge in [-0.1, -0.05) is 17.8 Å². The SMILES string of the molecule is CNC(=O)c1cc(Oc2ccc3nc(NC(=O)NCCN4CCCCC4)sc3c2)ccn1.